The fraction of sp³-hybridized carbons (Fsp3) is 0.278. The number of benzene rings is 1. The Hall–Kier alpha value is -2.73. The first-order chi connectivity index (χ1) is 11.4. The molecular formula is C18H21N3O3. The standard InChI is InChI=1S/C18H21N3O3/c1-18(12-22,9-13-5-3-2-4-6-13)11-21-17(24)14-7-8-15(16(19)23)20-10-14/h2-8,10,22H,9,11-12H2,1H3,(H2,19,23)(H,21,24). The number of nitrogens with two attached hydrogens (primary N) is 1. The Bertz CT molecular complexity index is 701. The maximum Gasteiger partial charge on any atom is 0.267 e. The smallest absolute Gasteiger partial charge is 0.267 e. The molecule has 2 aromatic rings. The average Bonchev–Trinajstić information content (AvgIpc) is 2.60. The molecule has 0 saturated carbocycles. The molecule has 1 aromatic heterocycles. The molecule has 0 fully saturated rings. The molecule has 0 aliphatic carbocycles. The van der Waals surface area contributed by atoms with Gasteiger partial charge in [-0.25, -0.2) is 0 Å². The van der Waals surface area contributed by atoms with Gasteiger partial charge in [0.1, 0.15) is 5.69 Å². The largest absolute Gasteiger partial charge is 0.396 e. The summed E-state index contributed by atoms with van der Waals surface area (Å²) in [7, 11) is 0. The Morgan fingerprint density at radius 3 is 2.46 bits per heavy atom. The van der Waals surface area contributed by atoms with Gasteiger partial charge >= 0.3 is 0 Å². The van der Waals surface area contributed by atoms with E-state index < -0.39 is 11.3 Å². The average molecular weight is 327 g/mol. The molecule has 4 N–H and O–H groups in total. The number of pyridine rings is 1. The number of rotatable bonds is 7. The van der Waals surface area contributed by atoms with Gasteiger partial charge in [0.05, 0.1) is 12.2 Å². The number of primary amides is 1. The lowest BCUT2D eigenvalue weighted by atomic mass is 9.84. The number of aliphatic hydroxyl groups excluding tert-OH is 1. The highest BCUT2D eigenvalue weighted by Gasteiger charge is 2.25. The minimum atomic E-state index is -0.641. The summed E-state index contributed by atoms with van der Waals surface area (Å²) < 4.78 is 0. The highest BCUT2D eigenvalue weighted by Crippen LogP contribution is 2.21. The highest BCUT2D eigenvalue weighted by molar-refractivity contribution is 5.95. The zero-order valence-corrected chi connectivity index (χ0v) is 13.5. The van der Waals surface area contributed by atoms with Crippen molar-refractivity contribution in [2.45, 2.75) is 13.3 Å². The van der Waals surface area contributed by atoms with E-state index in [-0.39, 0.29) is 18.2 Å². The summed E-state index contributed by atoms with van der Waals surface area (Å²) in [6, 6.07) is 12.7. The van der Waals surface area contributed by atoms with Gasteiger partial charge in [-0.05, 0) is 24.1 Å². The summed E-state index contributed by atoms with van der Waals surface area (Å²) in [4.78, 5) is 27.0. The topological polar surface area (TPSA) is 105 Å². The van der Waals surface area contributed by atoms with E-state index in [9.17, 15) is 14.7 Å². The van der Waals surface area contributed by atoms with Gasteiger partial charge in [-0.3, -0.25) is 14.6 Å². The van der Waals surface area contributed by atoms with Crippen LogP contribution < -0.4 is 11.1 Å². The van der Waals surface area contributed by atoms with Crippen molar-refractivity contribution in [1.82, 2.24) is 10.3 Å². The van der Waals surface area contributed by atoms with Crippen LogP contribution in [0, 0.1) is 5.41 Å². The van der Waals surface area contributed by atoms with Gasteiger partial charge in [0.15, 0.2) is 0 Å². The van der Waals surface area contributed by atoms with Crippen LogP contribution in [0.4, 0.5) is 0 Å². The summed E-state index contributed by atoms with van der Waals surface area (Å²) in [5.74, 6) is -0.955. The number of nitrogens with one attached hydrogen (secondary N) is 1. The molecule has 1 aromatic carbocycles. The van der Waals surface area contributed by atoms with Crippen molar-refractivity contribution >= 4 is 11.8 Å². The Morgan fingerprint density at radius 2 is 1.92 bits per heavy atom. The SMILES string of the molecule is CC(CO)(CNC(=O)c1ccc(C(N)=O)nc1)Cc1ccccc1. The summed E-state index contributed by atoms with van der Waals surface area (Å²) in [6.45, 7) is 2.17. The van der Waals surface area contributed by atoms with Gasteiger partial charge in [0, 0.05) is 18.2 Å². The van der Waals surface area contributed by atoms with Crippen LogP contribution in [0.25, 0.3) is 0 Å². The minimum Gasteiger partial charge on any atom is -0.396 e. The molecular weight excluding hydrogens is 306 g/mol. The lowest BCUT2D eigenvalue weighted by Crippen LogP contribution is -2.39. The number of amides is 2. The lowest BCUT2D eigenvalue weighted by molar-refractivity contribution is 0.0893. The summed E-state index contributed by atoms with van der Waals surface area (Å²) in [5, 5.41) is 12.5. The second-order valence-corrected chi connectivity index (χ2v) is 6.11. The van der Waals surface area contributed by atoms with Crippen LogP contribution in [0.5, 0.6) is 0 Å². The quantitative estimate of drug-likeness (QED) is 0.709. The van der Waals surface area contributed by atoms with E-state index in [1.807, 2.05) is 37.3 Å². The summed E-state index contributed by atoms with van der Waals surface area (Å²) in [5.41, 5.74) is 6.18. The van der Waals surface area contributed by atoms with Crippen LogP contribution >= 0.6 is 0 Å². The van der Waals surface area contributed by atoms with E-state index in [4.69, 9.17) is 5.73 Å². The second kappa shape index (κ2) is 7.70. The van der Waals surface area contributed by atoms with E-state index in [0.717, 1.165) is 5.56 Å². The van der Waals surface area contributed by atoms with Gasteiger partial charge in [-0.1, -0.05) is 37.3 Å². The molecule has 1 atom stereocenters. The normalized spacial score (nSPS) is 13.1. The number of hydrogen-bond donors (Lipinski definition) is 3. The molecule has 1 heterocycles. The highest BCUT2D eigenvalue weighted by atomic mass is 16.3. The fourth-order valence-corrected chi connectivity index (χ4v) is 2.33. The van der Waals surface area contributed by atoms with Crippen molar-refractivity contribution in [2.24, 2.45) is 11.1 Å². The molecule has 126 valence electrons. The third-order valence-corrected chi connectivity index (χ3v) is 3.81. The van der Waals surface area contributed by atoms with Crippen molar-refractivity contribution in [3.05, 3.63) is 65.5 Å². The molecule has 0 saturated heterocycles. The predicted molar refractivity (Wildman–Crippen MR) is 90.4 cm³/mol. The van der Waals surface area contributed by atoms with Gasteiger partial charge in [0.2, 0.25) is 0 Å². The first kappa shape index (κ1) is 17.6. The van der Waals surface area contributed by atoms with Gasteiger partial charge in [0.25, 0.3) is 11.8 Å². The van der Waals surface area contributed by atoms with Crippen molar-refractivity contribution in [2.75, 3.05) is 13.2 Å². The second-order valence-electron chi connectivity index (χ2n) is 6.11. The minimum absolute atomic E-state index is 0.0545. The number of carbonyl (C=O) groups excluding carboxylic acids is 2. The lowest BCUT2D eigenvalue weighted by Gasteiger charge is -2.27. The molecule has 0 radical (unpaired) electrons. The van der Waals surface area contributed by atoms with Crippen LogP contribution in [-0.4, -0.2) is 35.1 Å². The predicted octanol–water partition coefficient (Wildman–Crippen LogP) is 1.15. The van der Waals surface area contributed by atoms with E-state index in [1.54, 1.807) is 0 Å². The number of hydrogen-bond acceptors (Lipinski definition) is 4. The molecule has 6 heteroatoms. The molecule has 0 aliphatic heterocycles. The van der Waals surface area contributed by atoms with Crippen LogP contribution in [0.2, 0.25) is 0 Å². The van der Waals surface area contributed by atoms with Crippen LogP contribution in [0.1, 0.15) is 33.3 Å². The first-order valence-electron chi connectivity index (χ1n) is 7.62. The molecule has 0 spiro atoms. The van der Waals surface area contributed by atoms with Gasteiger partial charge in [-0.2, -0.15) is 0 Å². The van der Waals surface area contributed by atoms with E-state index in [2.05, 4.69) is 10.3 Å². The van der Waals surface area contributed by atoms with Crippen molar-refractivity contribution in [3.8, 4) is 0 Å². The number of aliphatic hydroxyl groups is 1. The third kappa shape index (κ3) is 4.63. The molecule has 0 bridgehead atoms. The van der Waals surface area contributed by atoms with Crippen molar-refractivity contribution < 1.29 is 14.7 Å². The zero-order chi connectivity index (χ0) is 17.6. The molecule has 1 unspecified atom stereocenters. The number of nitrogens with zero attached hydrogens (tertiary/aromatic N) is 1. The maximum absolute atomic E-state index is 12.2. The molecule has 2 amide bonds. The Labute approximate surface area is 140 Å². The maximum atomic E-state index is 12.2. The Morgan fingerprint density at radius 1 is 1.21 bits per heavy atom. The van der Waals surface area contributed by atoms with E-state index >= 15 is 0 Å². The third-order valence-electron chi connectivity index (χ3n) is 3.81. The fourth-order valence-electron chi connectivity index (χ4n) is 2.33. The monoisotopic (exact) mass is 327 g/mol. The summed E-state index contributed by atoms with van der Waals surface area (Å²) >= 11 is 0. The Balaban J connectivity index is 1.99. The molecule has 2 rings (SSSR count). The number of aromatic nitrogens is 1. The van der Waals surface area contributed by atoms with Crippen LogP contribution in [-0.2, 0) is 6.42 Å². The van der Waals surface area contributed by atoms with Crippen molar-refractivity contribution in [1.29, 1.82) is 0 Å². The molecule has 6 nitrogen and oxygen atoms in total. The summed E-state index contributed by atoms with van der Waals surface area (Å²) in [6.07, 6.45) is 1.95. The van der Waals surface area contributed by atoms with Gasteiger partial charge in [-0.15, -0.1) is 0 Å². The van der Waals surface area contributed by atoms with Crippen LogP contribution in [0.15, 0.2) is 48.7 Å². The molecule has 0 aliphatic rings. The van der Waals surface area contributed by atoms with Crippen LogP contribution in [0.3, 0.4) is 0 Å². The zero-order valence-electron chi connectivity index (χ0n) is 13.5. The Kier molecular flexibility index (Phi) is 5.65. The van der Waals surface area contributed by atoms with E-state index in [1.165, 1.54) is 18.3 Å². The number of carbonyl (C=O) groups is 2. The van der Waals surface area contributed by atoms with Crippen molar-refractivity contribution in [3.63, 3.8) is 0 Å². The van der Waals surface area contributed by atoms with E-state index in [0.29, 0.717) is 18.5 Å². The van der Waals surface area contributed by atoms with Gasteiger partial charge < -0.3 is 16.2 Å². The first-order valence-corrected chi connectivity index (χ1v) is 7.62. The molecule has 24 heavy (non-hydrogen) atoms.